The quantitative estimate of drug-likeness (QED) is 0.359. The smallest absolute Gasteiger partial charge is 0.338 e. The number of carbonyl (C=O) groups is 1. The molecule has 0 unspecified atom stereocenters. The van der Waals surface area contributed by atoms with Crippen LogP contribution in [0.25, 0.3) is 17.4 Å². The van der Waals surface area contributed by atoms with E-state index in [-0.39, 0.29) is 23.5 Å². The monoisotopic (exact) mass is 520 g/mol. The van der Waals surface area contributed by atoms with Crippen LogP contribution in [0.1, 0.15) is 36.8 Å². The first-order valence-electron chi connectivity index (χ1n) is 11.6. The second-order valence-electron chi connectivity index (χ2n) is 8.54. The van der Waals surface area contributed by atoms with Crippen molar-refractivity contribution in [3.63, 3.8) is 0 Å². The molecule has 2 aromatic heterocycles. The van der Waals surface area contributed by atoms with E-state index in [1.165, 1.54) is 10.6 Å². The molecule has 1 atom stereocenters. The van der Waals surface area contributed by atoms with Gasteiger partial charge in [0.05, 0.1) is 34.0 Å². The van der Waals surface area contributed by atoms with Gasteiger partial charge in [-0.3, -0.25) is 9.36 Å². The van der Waals surface area contributed by atoms with E-state index in [9.17, 15) is 18.4 Å². The number of furan rings is 1. The van der Waals surface area contributed by atoms with Crippen LogP contribution in [0.5, 0.6) is 0 Å². The summed E-state index contributed by atoms with van der Waals surface area (Å²) in [6.07, 6.45) is 1.55. The van der Waals surface area contributed by atoms with E-state index in [2.05, 4.69) is 4.99 Å². The highest BCUT2D eigenvalue weighted by atomic mass is 32.1. The zero-order chi connectivity index (χ0) is 26.3. The average molecular weight is 521 g/mol. The summed E-state index contributed by atoms with van der Waals surface area (Å²) in [5.74, 6) is -1.44. The number of hydrogen-bond acceptors (Lipinski definition) is 6. The fourth-order valence-electron chi connectivity index (χ4n) is 4.25. The molecule has 1 aliphatic rings. The van der Waals surface area contributed by atoms with Gasteiger partial charge in [0.25, 0.3) is 5.56 Å². The normalized spacial score (nSPS) is 15.5. The van der Waals surface area contributed by atoms with Crippen molar-refractivity contribution in [2.75, 3.05) is 6.61 Å². The molecule has 0 saturated heterocycles. The largest absolute Gasteiger partial charge is 0.463 e. The van der Waals surface area contributed by atoms with E-state index in [1.54, 1.807) is 32.1 Å². The van der Waals surface area contributed by atoms with E-state index in [0.717, 1.165) is 34.6 Å². The molecular formula is C28H22F2N2O4S. The zero-order valence-electron chi connectivity index (χ0n) is 20.2. The summed E-state index contributed by atoms with van der Waals surface area (Å²) < 4.78 is 40.3. The Hall–Kier alpha value is -4.11. The van der Waals surface area contributed by atoms with Crippen LogP contribution in [0.15, 0.2) is 80.1 Å². The van der Waals surface area contributed by atoms with Gasteiger partial charge in [-0.05, 0) is 50.6 Å². The third kappa shape index (κ3) is 4.58. The van der Waals surface area contributed by atoms with Crippen molar-refractivity contribution in [3.8, 4) is 11.3 Å². The number of benzene rings is 2. The maximum Gasteiger partial charge on any atom is 0.338 e. The Morgan fingerprint density at radius 1 is 1.14 bits per heavy atom. The van der Waals surface area contributed by atoms with Crippen LogP contribution in [-0.2, 0) is 9.53 Å². The van der Waals surface area contributed by atoms with E-state index >= 15 is 0 Å². The van der Waals surface area contributed by atoms with Crippen LogP contribution in [-0.4, -0.2) is 17.1 Å². The first kappa shape index (κ1) is 24.6. The lowest BCUT2D eigenvalue weighted by atomic mass is 9.95. The Kier molecular flexibility index (Phi) is 6.47. The van der Waals surface area contributed by atoms with Crippen LogP contribution in [0.2, 0.25) is 0 Å². The maximum atomic E-state index is 14.2. The minimum Gasteiger partial charge on any atom is -0.463 e. The van der Waals surface area contributed by atoms with Gasteiger partial charge in [-0.25, -0.2) is 18.6 Å². The van der Waals surface area contributed by atoms with Crippen LogP contribution in [0.4, 0.5) is 8.78 Å². The molecule has 5 rings (SSSR count). The molecule has 0 fully saturated rings. The third-order valence-electron chi connectivity index (χ3n) is 6.01. The summed E-state index contributed by atoms with van der Waals surface area (Å²) in [6, 6.07) is 13.3. The Balaban J connectivity index is 1.63. The fraction of sp³-hybridized carbons (Fsp3) is 0.179. The number of aryl methyl sites for hydroxylation is 1. The van der Waals surface area contributed by atoms with Gasteiger partial charge < -0.3 is 9.15 Å². The molecule has 188 valence electrons. The Bertz CT molecular complexity index is 1730. The minimum absolute atomic E-state index is 0.108. The SMILES string of the molecule is CCOC(=O)C1=C(C)N=c2s/c(=C\c3ccc(-c4ccc(F)cc4F)o3)c(=O)n2[C@H]1c1ccc(C)cc1. The summed E-state index contributed by atoms with van der Waals surface area (Å²) in [5, 5.41) is 0. The van der Waals surface area contributed by atoms with Gasteiger partial charge in [0.2, 0.25) is 0 Å². The summed E-state index contributed by atoms with van der Waals surface area (Å²) in [5.41, 5.74) is 2.33. The first-order valence-corrected chi connectivity index (χ1v) is 12.4. The number of esters is 1. The highest BCUT2D eigenvalue weighted by Crippen LogP contribution is 2.31. The van der Waals surface area contributed by atoms with Gasteiger partial charge in [0, 0.05) is 12.1 Å². The van der Waals surface area contributed by atoms with Crippen LogP contribution in [0, 0.1) is 18.6 Å². The number of ether oxygens (including phenoxy) is 1. The Labute approximate surface area is 214 Å². The summed E-state index contributed by atoms with van der Waals surface area (Å²) >= 11 is 1.16. The molecule has 9 heteroatoms. The van der Waals surface area contributed by atoms with Gasteiger partial charge in [-0.15, -0.1) is 0 Å². The van der Waals surface area contributed by atoms with Crippen molar-refractivity contribution in [3.05, 3.63) is 114 Å². The van der Waals surface area contributed by atoms with Gasteiger partial charge in [0.15, 0.2) is 4.80 Å². The van der Waals surface area contributed by atoms with Crippen molar-refractivity contribution in [1.29, 1.82) is 0 Å². The Morgan fingerprint density at radius 3 is 2.59 bits per heavy atom. The predicted molar refractivity (Wildman–Crippen MR) is 136 cm³/mol. The number of halogens is 2. The van der Waals surface area contributed by atoms with Gasteiger partial charge >= 0.3 is 5.97 Å². The number of aromatic nitrogens is 1. The molecule has 2 aromatic carbocycles. The Morgan fingerprint density at radius 2 is 1.89 bits per heavy atom. The number of carbonyl (C=O) groups excluding carboxylic acids is 1. The lowest BCUT2D eigenvalue weighted by Crippen LogP contribution is -2.39. The van der Waals surface area contributed by atoms with Gasteiger partial charge in [-0.2, -0.15) is 0 Å². The zero-order valence-corrected chi connectivity index (χ0v) is 21.1. The van der Waals surface area contributed by atoms with Crippen LogP contribution >= 0.6 is 11.3 Å². The first-order chi connectivity index (χ1) is 17.8. The molecule has 0 amide bonds. The van der Waals surface area contributed by atoms with E-state index in [0.29, 0.717) is 26.4 Å². The topological polar surface area (TPSA) is 73.8 Å². The molecule has 0 aliphatic carbocycles. The lowest BCUT2D eigenvalue weighted by Gasteiger charge is -2.24. The van der Waals surface area contributed by atoms with Crippen molar-refractivity contribution in [1.82, 2.24) is 4.57 Å². The number of hydrogen-bond donors (Lipinski definition) is 0. The number of rotatable bonds is 5. The summed E-state index contributed by atoms with van der Waals surface area (Å²) in [4.78, 5) is 31.5. The number of thiazole rings is 1. The number of allylic oxidation sites excluding steroid dienone is 1. The number of nitrogens with zero attached hydrogens (tertiary/aromatic N) is 2. The maximum absolute atomic E-state index is 14.2. The van der Waals surface area contributed by atoms with Gasteiger partial charge in [-0.1, -0.05) is 41.2 Å². The molecule has 1 aliphatic heterocycles. The van der Waals surface area contributed by atoms with Crippen molar-refractivity contribution in [2.24, 2.45) is 4.99 Å². The van der Waals surface area contributed by atoms with E-state index in [1.807, 2.05) is 31.2 Å². The van der Waals surface area contributed by atoms with Gasteiger partial charge in [0.1, 0.15) is 23.2 Å². The average Bonchev–Trinajstić information content (AvgIpc) is 3.43. The van der Waals surface area contributed by atoms with Crippen LogP contribution in [0.3, 0.4) is 0 Å². The van der Waals surface area contributed by atoms with E-state index < -0.39 is 23.6 Å². The molecular weight excluding hydrogens is 498 g/mol. The number of fused-ring (bicyclic) bond motifs is 1. The molecule has 4 aromatic rings. The molecule has 0 radical (unpaired) electrons. The molecule has 6 nitrogen and oxygen atoms in total. The lowest BCUT2D eigenvalue weighted by molar-refractivity contribution is -0.139. The van der Waals surface area contributed by atoms with Crippen molar-refractivity contribution >= 4 is 23.4 Å². The highest BCUT2D eigenvalue weighted by Gasteiger charge is 2.33. The highest BCUT2D eigenvalue weighted by molar-refractivity contribution is 7.07. The van der Waals surface area contributed by atoms with Crippen molar-refractivity contribution < 1.29 is 22.7 Å². The molecule has 37 heavy (non-hydrogen) atoms. The fourth-order valence-corrected chi connectivity index (χ4v) is 5.28. The molecule has 3 heterocycles. The second kappa shape index (κ2) is 9.74. The summed E-state index contributed by atoms with van der Waals surface area (Å²) in [7, 11) is 0. The second-order valence-corrected chi connectivity index (χ2v) is 9.55. The predicted octanol–water partition coefficient (Wildman–Crippen LogP) is 4.64. The van der Waals surface area contributed by atoms with Crippen LogP contribution < -0.4 is 14.9 Å². The molecule has 0 saturated carbocycles. The summed E-state index contributed by atoms with van der Waals surface area (Å²) in [6.45, 7) is 5.59. The molecule has 0 spiro atoms. The standard InChI is InChI=1S/C28H22F2N2O4S/c1-4-35-27(34)24-16(3)31-28-32(25(24)17-7-5-15(2)6-8-17)26(33)23(37-28)14-19-10-12-22(36-19)20-11-9-18(29)13-21(20)30/h5-14,25H,4H2,1-3H3/b23-14-/t25-/m0/s1. The third-order valence-corrected chi connectivity index (χ3v) is 6.99. The molecule has 0 N–H and O–H groups in total. The minimum atomic E-state index is -0.750. The van der Waals surface area contributed by atoms with E-state index in [4.69, 9.17) is 9.15 Å². The molecule has 0 bridgehead atoms. The van der Waals surface area contributed by atoms with Crippen molar-refractivity contribution in [2.45, 2.75) is 26.8 Å².